The molecule has 2 bridgehead atoms. The first-order valence-corrected chi connectivity index (χ1v) is 14.3. The van der Waals surface area contributed by atoms with Crippen molar-refractivity contribution in [3.63, 3.8) is 0 Å². The van der Waals surface area contributed by atoms with E-state index in [4.69, 9.17) is 9.47 Å². The van der Waals surface area contributed by atoms with E-state index in [0.717, 1.165) is 22.3 Å². The molecule has 1 heterocycles. The Hall–Kier alpha value is -4.56. The maximum absolute atomic E-state index is 14.1. The van der Waals surface area contributed by atoms with Crippen molar-refractivity contribution in [3.8, 4) is 5.75 Å². The fourth-order valence-electron chi connectivity index (χ4n) is 6.75. The van der Waals surface area contributed by atoms with E-state index in [1.54, 1.807) is 36.4 Å². The number of esters is 1. The number of rotatable bonds is 6. The second-order valence-corrected chi connectivity index (χ2v) is 11.9. The van der Waals surface area contributed by atoms with Crippen molar-refractivity contribution in [2.24, 2.45) is 11.8 Å². The molecule has 4 aliphatic rings. The van der Waals surface area contributed by atoms with E-state index in [1.165, 1.54) is 24.1 Å². The molecule has 0 saturated carbocycles. The number of nitrogens with zero attached hydrogens (tertiary/aromatic N) is 1. The Kier molecular flexibility index (Phi) is 6.13. The van der Waals surface area contributed by atoms with Gasteiger partial charge >= 0.3 is 5.97 Å². The van der Waals surface area contributed by atoms with Gasteiger partial charge in [0.05, 0.1) is 34.5 Å². The van der Waals surface area contributed by atoms with Crippen molar-refractivity contribution >= 4 is 45.2 Å². The lowest BCUT2D eigenvalue weighted by Gasteiger charge is -2.51. The summed E-state index contributed by atoms with van der Waals surface area (Å²) in [7, 11) is 1.53. The topological polar surface area (TPSA) is 90.0 Å². The highest BCUT2D eigenvalue weighted by molar-refractivity contribution is 9.09. The fourth-order valence-corrected chi connectivity index (χ4v) is 7.96. The van der Waals surface area contributed by atoms with Crippen molar-refractivity contribution in [1.29, 1.82) is 0 Å². The molecule has 7 nitrogen and oxygen atoms in total. The average Bonchev–Trinajstić information content (AvgIpc) is 3.30. The van der Waals surface area contributed by atoms with Gasteiger partial charge in [0, 0.05) is 11.5 Å². The molecule has 0 radical (unpaired) electrons. The summed E-state index contributed by atoms with van der Waals surface area (Å²) in [5.74, 6) is -2.37. The van der Waals surface area contributed by atoms with Crippen LogP contribution in [-0.4, -0.2) is 37.3 Å². The molecule has 2 atom stereocenters. The molecular formula is C34H24BrNO6. The molecule has 2 amide bonds. The van der Waals surface area contributed by atoms with Crippen LogP contribution in [0.25, 0.3) is 0 Å². The monoisotopic (exact) mass is 621 g/mol. The largest absolute Gasteiger partial charge is 0.497 e. The van der Waals surface area contributed by atoms with Crippen molar-refractivity contribution in [2.45, 2.75) is 10.2 Å². The average molecular weight is 622 g/mol. The Bertz CT molecular complexity index is 1730. The summed E-state index contributed by atoms with van der Waals surface area (Å²) < 4.78 is 9.50. The number of anilines is 1. The van der Waals surface area contributed by atoms with Crippen LogP contribution in [0.15, 0.2) is 97.1 Å². The van der Waals surface area contributed by atoms with Gasteiger partial charge in [-0.15, -0.1) is 0 Å². The minimum atomic E-state index is -0.832. The van der Waals surface area contributed by atoms with E-state index in [1.807, 2.05) is 48.5 Å². The second kappa shape index (κ2) is 9.77. The SMILES string of the molecule is COc1ccc(C(=O)COC(=O)c2ccc(N3C(=O)[C@@H]4C5c6ccccc6C(Br)(c6ccccc65)[C@H]4C3=O)cc2)cc1. The number of methoxy groups -OCH3 is 1. The fraction of sp³-hybridized carbons (Fsp3) is 0.176. The van der Waals surface area contributed by atoms with Crippen molar-refractivity contribution in [2.75, 3.05) is 18.6 Å². The maximum Gasteiger partial charge on any atom is 0.338 e. The molecular weight excluding hydrogens is 598 g/mol. The quantitative estimate of drug-likeness (QED) is 0.120. The number of ether oxygens (including phenoxy) is 2. The molecule has 208 valence electrons. The summed E-state index contributed by atoms with van der Waals surface area (Å²) in [5, 5.41) is 0. The standard InChI is InChI=1S/C34H24BrNO6/c1-41-22-16-12-19(13-17-22)27(37)18-42-33(40)20-10-14-21(15-11-20)36-31(38)29-28-23-6-2-4-8-25(23)34(35,30(29)32(36)39)26-9-5-3-7-24(26)28/h2-17,28-30H,18H2,1H3/t28?,29-,30-,34?/m1/s1. The van der Waals surface area contributed by atoms with E-state index in [9.17, 15) is 19.2 Å². The van der Waals surface area contributed by atoms with Crippen LogP contribution in [0.2, 0.25) is 0 Å². The molecule has 8 heteroatoms. The Morgan fingerprint density at radius 1 is 0.786 bits per heavy atom. The third-order valence-corrected chi connectivity index (χ3v) is 9.97. The third-order valence-electron chi connectivity index (χ3n) is 8.62. The third kappa shape index (κ3) is 3.71. The van der Waals surface area contributed by atoms with Crippen LogP contribution in [-0.2, 0) is 18.7 Å². The Morgan fingerprint density at radius 2 is 1.36 bits per heavy atom. The van der Waals surface area contributed by atoms with Crippen LogP contribution in [0.4, 0.5) is 5.69 Å². The van der Waals surface area contributed by atoms with Crippen LogP contribution in [0, 0.1) is 11.8 Å². The van der Waals surface area contributed by atoms with Crippen LogP contribution in [0.1, 0.15) is 48.9 Å². The highest BCUT2D eigenvalue weighted by Crippen LogP contribution is 2.66. The number of Topliss-reactive ketones (excluding diaryl/α,β-unsaturated/α-hetero) is 1. The predicted octanol–water partition coefficient (Wildman–Crippen LogP) is 5.64. The summed E-state index contributed by atoms with van der Waals surface area (Å²) in [6.07, 6.45) is 0. The summed E-state index contributed by atoms with van der Waals surface area (Å²) in [6.45, 7) is -0.421. The zero-order chi connectivity index (χ0) is 29.2. The van der Waals surface area contributed by atoms with Crippen molar-refractivity contribution in [1.82, 2.24) is 0 Å². The first-order valence-electron chi connectivity index (χ1n) is 13.5. The van der Waals surface area contributed by atoms with E-state index in [0.29, 0.717) is 17.0 Å². The number of imide groups is 1. The Morgan fingerprint density at radius 3 is 1.95 bits per heavy atom. The molecule has 3 aliphatic carbocycles. The van der Waals surface area contributed by atoms with Gasteiger partial charge in [0.2, 0.25) is 11.8 Å². The minimum absolute atomic E-state index is 0.203. The van der Waals surface area contributed by atoms with Crippen LogP contribution in [0.5, 0.6) is 5.75 Å². The van der Waals surface area contributed by atoms with Gasteiger partial charge in [-0.1, -0.05) is 64.5 Å². The number of carbonyl (C=O) groups is 4. The summed E-state index contributed by atoms with van der Waals surface area (Å²) in [6, 6.07) is 28.7. The highest BCUT2D eigenvalue weighted by atomic mass is 79.9. The Labute approximate surface area is 250 Å². The normalized spacial score (nSPS) is 23.2. The number of ketones is 1. The molecule has 0 unspecified atom stereocenters. The molecule has 4 aromatic rings. The summed E-state index contributed by atoms with van der Waals surface area (Å²) in [4.78, 5) is 54.5. The van der Waals surface area contributed by atoms with Gasteiger partial charge in [-0.25, -0.2) is 9.69 Å². The number of hydrogen-bond donors (Lipinski definition) is 0. The molecule has 0 N–H and O–H groups in total. The Balaban J connectivity index is 1.13. The number of amides is 2. The lowest BCUT2D eigenvalue weighted by atomic mass is 9.55. The molecule has 1 fully saturated rings. The number of halogens is 1. The molecule has 1 saturated heterocycles. The van der Waals surface area contributed by atoms with Gasteiger partial charge in [0.15, 0.2) is 12.4 Å². The summed E-state index contributed by atoms with van der Waals surface area (Å²) in [5.41, 5.74) is 5.12. The highest BCUT2D eigenvalue weighted by Gasteiger charge is 2.67. The first kappa shape index (κ1) is 26.3. The number of hydrogen-bond acceptors (Lipinski definition) is 6. The minimum Gasteiger partial charge on any atom is -0.497 e. The van der Waals surface area contributed by atoms with Crippen LogP contribution in [0.3, 0.4) is 0 Å². The van der Waals surface area contributed by atoms with E-state index < -0.39 is 28.7 Å². The molecule has 42 heavy (non-hydrogen) atoms. The molecule has 8 rings (SSSR count). The molecule has 0 spiro atoms. The van der Waals surface area contributed by atoms with Gasteiger partial charge in [0.1, 0.15) is 5.75 Å². The van der Waals surface area contributed by atoms with Gasteiger partial charge in [-0.2, -0.15) is 0 Å². The van der Waals surface area contributed by atoms with E-state index in [2.05, 4.69) is 15.9 Å². The molecule has 4 aromatic carbocycles. The van der Waals surface area contributed by atoms with Gasteiger partial charge in [-0.05, 0) is 70.8 Å². The smallest absolute Gasteiger partial charge is 0.338 e. The van der Waals surface area contributed by atoms with E-state index >= 15 is 0 Å². The van der Waals surface area contributed by atoms with E-state index in [-0.39, 0.29) is 29.1 Å². The molecule has 0 aromatic heterocycles. The molecule has 1 aliphatic heterocycles. The van der Waals surface area contributed by atoms with Crippen molar-refractivity contribution < 1.29 is 28.7 Å². The van der Waals surface area contributed by atoms with Crippen LogP contribution >= 0.6 is 15.9 Å². The summed E-state index contributed by atoms with van der Waals surface area (Å²) >= 11 is 3.99. The predicted molar refractivity (Wildman–Crippen MR) is 158 cm³/mol. The van der Waals surface area contributed by atoms with Crippen molar-refractivity contribution in [3.05, 3.63) is 130 Å². The number of benzene rings is 4. The zero-order valence-electron chi connectivity index (χ0n) is 22.5. The van der Waals surface area contributed by atoms with Gasteiger partial charge in [-0.3, -0.25) is 14.4 Å². The number of carbonyl (C=O) groups excluding carboxylic acids is 4. The van der Waals surface area contributed by atoms with Gasteiger partial charge in [0.25, 0.3) is 0 Å². The number of alkyl halides is 1. The second-order valence-electron chi connectivity index (χ2n) is 10.7. The van der Waals surface area contributed by atoms with Crippen LogP contribution < -0.4 is 9.64 Å². The lowest BCUT2D eigenvalue weighted by Crippen LogP contribution is -2.50. The maximum atomic E-state index is 14.1. The first-order chi connectivity index (χ1) is 20.3. The zero-order valence-corrected chi connectivity index (χ0v) is 24.0. The van der Waals surface area contributed by atoms with Gasteiger partial charge < -0.3 is 9.47 Å². The lowest BCUT2D eigenvalue weighted by molar-refractivity contribution is -0.122.